The highest BCUT2D eigenvalue weighted by atomic mass is 19.1. The first-order valence-corrected chi connectivity index (χ1v) is 4.74. The number of amides is 1. The summed E-state index contributed by atoms with van der Waals surface area (Å²) in [5.74, 6) is -0.488. The largest absolute Gasteiger partial charge is 0.349 e. The third-order valence-electron chi connectivity index (χ3n) is 2.42. The summed E-state index contributed by atoms with van der Waals surface area (Å²) in [5.41, 5.74) is 0.863. The van der Waals surface area contributed by atoms with Crippen LogP contribution in [0.1, 0.15) is 28.8 Å². The van der Waals surface area contributed by atoms with Gasteiger partial charge in [0.1, 0.15) is 5.82 Å². The molecule has 0 aliphatic heterocycles. The summed E-state index contributed by atoms with van der Waals surface area (Å²) in [6.07, 6.45) is 2.08. The van der Waals surface area contributed by atoms with Gasteiger partial charge in [0.05, 0.1) is 0 Å². The molecule has 0 bridgehead atoms. The molecule has 0 spiro atoms. The number of hydrogen-bond donors (Lipinski definition) is 1. The lowest BCUT2D eigenvalue weighted by Gasteiger charge is -2.06. The van der Waals surface area contributed by atoms with Crippen LogP contribution in [0.4, 0.5) is 4.39 Å². The summed E-state index contributed by atoms with van der Waals surface area (Å²) in [6, 6.07) is 4.88. The molecule has 0 aromatic heterocycles. The number of nitrogens with one attached hydrogen (secondary N) is 1. The van der Waals surface area contributed by atoms with E-state index >= 15 is 0 Å². The van der Waals surface area contributed by atoms with Gasteiger partial charge in [0.25, 0.3) is 5.91 Å². The smallest absolute Gasteiger partial charge is 0.251 e. The molecule has 0 unspecified atom stereocenters. The van der Waals surface area contributed by atoms with Crippen molar-refractivity contribution in [3.05, 3.63) is 35.1 Å². The fourth-order valence-corrected chi connectivity index (χ4v) is 1.34. The van der Waals surface area contributed by atoms with E-state index in [2.05, 4.69) is 5.32 Å². The Morgan fingerprint density at radius 1 is 1.50 bits per heavy atom. The van der Waals surface area contributed by atoms with Gasteiger partial charge in [-0.25, -0.2) is 4.39 Å². The van der Waals surface area contributed by atoms with Crippen LogP contribution in [0.5, 0.6) is 0 Å². The van der Waals surface area contributed by atoms with Crippen molar-refractivity contribution in [1.82, 2.24) is 5.32 Å². The van der Waals surface area contributed by atoms with E-state index in [4.69, 9.17) is 0 Å². The zero-order chi connectivity index (χ0) is 10.1. The second kappa shape index (κ2) is 3.40. The molecule has 0 saturated heterocycles. The summed E-state index contributed by atoms with van der Waals surface area (Å²) in [5, 5.41) is 2.83. The normalized spacial score (nSPS) is 15.3. The van der Waals surface area contributed by atoms with Crippen LogP contribution in [-0.2, 0) is 0 Å². The van der Waals surface area contributed by atoms with E-state index in [1.165, 1.54) is 6.07 Å². The summed E-state index contributed by atoms with van der Waals surface area (Å²) in [6.45, 7) is 1.62. The molecular weight excluding hydrogens is 181 g/mol. The van der Waals surface area contributed by atoms with E-state index < -0.39 is 0 Å². The summed E-state index contributed by atoms with van der Waals surface area (Å²) >= 11 is 0. The van der Waals surface area contributed by atoms with Gasteiger partial charge in [-0.3, -0.25) is 4.79 Å². The predicted octanol–water partition coefficient (Wildman–Crippen LogP) is 2.03. The molecule has 74 valence electrons. The second-order valence-corrected chi connectivity index (χ2v) is 3.66. The number of benzene rings is 1. The number of halogens is 1. The molecule has 1 amide bonds. The summed E-state index contributed by atoms with van der Waals surface area (Å²) in [7, 11) is 0. The van der Waals surface area contributed by atoms with Crippen LogP contribution in [0.2, 0.25) is 0 Å². The van der Waals surface area contributed by atoms with Crippen molar-refractivity contribution < 1.29 is 9.18 Å². The third-order valence-corrected chi connectivity index (χ3v) is 2.42. The molecule has 0 atom stereocenters. The lowest BCUT2D eigenvalue weighted by atomic mass is 10.1. The first kappa shape index (κ1) is 9.19. The van der Waals surface area contributed by atoms with Gasteiger partial charge in [0.2, 0.25) is 0 Å². The van der Waals surface area contributed by atoms with Crippen molar-refractivity contribution in [3.8, 4) is 0 Å². The first-order chi connectivity index (χ1) is 6.68. The van der Waals surface area contributed by atoms with Gasteiger partial charge in [-0.05, 0) is 37.5 Å². The molecule has 1 aliphatic carbocycles. The molecule has 1 aromatic rings. The van der Waals surface area contributed by atoms with Crippen molar-refractivity contribution in [2.24, 2.45) is 0 Å². The lowest BCUT2D eigenvalue weighted by Crippen LogP contribution is -2.26. The Bertz CT molecular complexity index is 372. The number of carbonyl (C=O) groups is 1. The fourth-order valence-electron chi connectivity index (χ4n) is 1.34. The van der Waals surface area contributed by atoms with Gasteiger partial charge < -0.3 is 5.32 Å². The van der Waals surface area contributed by atoms with E-state index in [9.17, 15) is 9.18 Å². The highest BCUT2D eigenvalue weighted by Gasteiger charge is 2.24. The summed E-state index contributed by atoms with van der Waals surface area (Å²) < 4.78 is 13.1. The predicted molar refractivity (Wildman–Crippen MR) is 51.6 cm³/mol. The molecule has 1 aromatic carbocycles. The maximum atomic E-state index is 13.1. The minimum Gasteiger partial charge on any atom is -0.349 e. The SMILES string of the molecule is Cc1c(F)cccc1C(=O)NC1CC1. The average Bonchev–Trinajstić information content (AvgIpc) is 2.93. The Kier molecular flexibility index (Phi) is 2.23. The number of carbonyl (C=O) groups excluding carboxylic acids is 1. The van der Waals surface area contributed by atoms with E-state index in [0.717, 1.165) is 12.8 Å². The van der Waals surface area contributed by atoms with E-state index in [0.29, 0.717) is 17.2 Å². The zero-order valence-corrected chi connectivity index (χ0v) is 8.01. The van der Waals surface area contributed by atoms with Crippen LogP contribution in [0.3, 0.4) is 0 Å². The summed E-state index contributed by atoms with van der Waals surface area (Å²) in [4.78, 5) is 11.6. The van der Waals surface area contributed by atoms with Crippen molar-refractivity contribution in [2.45, 2.75) is 25.8 Å². The van der Waals surface area contributed by atoms with Gasteiger partial charge in [0.15, 0.2) is 0 Å². The topological polar surface area (TPSA) is 29.1 Å². The van der Waals surface area contributed by atoms with Gasteiger partial charge in [-0.15, -0.1) is 0 Å². The monoisotopic (exact) mass is 193 g/mol. The fraction of sp³-hybridized carbons (Fsp3) is 0.364. The van der Waals surface area contributed by atoms with Crippen LogP contribution < -0.4 is 5.32 Å². The molecule has 1 N–H and O–H groups in total. The standard InChI is InChI=1S/C11H12FNO/c1-7-9(3-2-4-10(7)12)11(14)13-8-5-6-8/h2-4,8H,5-6H2,1H3,(H,13,14). The van der Waals surface area contributed by atoms with Crippen LogP contribution in [0.15, 0.2) is 18.2 Å². The number of hydrogen-bond acceptors (Lipinski definition) is 1. The maximum absolute atomic E-state index is 13.1. The molecule has 1 fully saturated rings. The second-order valence-electron chi connectivity index (χ2n) is 3.66. The third kappa shape index (κ3) is 1.76. The Morgan fingerprint density at radius 2 is 2.21 bits per heavy atom. The van der Waals surface area contributed by atoms with Gasteiger partial charge >= 0.3 is 0 Å². The maximum Gasteiger partial charge on any atom is 0.251 e. The Balaban J connectivity index is 2.21. The van der Waals surface area contributed by atoms with Crippen LogP contribution in [-0.4, -0.2) is 11.9 Å². The highest BCUT2D eigenvalue weighted by Crippen LogP contribution is 2.20. The van der Waals surface area contributed by atoms with Crippen molar-refractivity contribution in [1.29, 1.82) is 0 Å². The number of rotatable bonds is 2. The molecule has 0 radical (unpaired) electrons. The van der Waals surface area contributed by atoms with E-state index in [-0.39, 0.29) is 11.7 Å². The Hall–Kier alpha value is -1.38. The van der Waals surface area contributed by atoms with Crippen LogP contribution >= 0.6 is 0 Å². The average molecular weight is 193 g/mol. The lowest BCUT2D eigenvalue weighted by molar-refractivity contribution is 0.0950. The molecule has 14 heavy (non-hydrogen) atoms. The molecule has 0 heterocycles. The van der Waals surface area contributed by atoms with Crippen molar-refractivity contribution in [3.63, 3.8) is 0 Å². The molecule has 1 saturated carbocycles. The van der Waals surface area contributed by atoms with Crippen molar-refractivity contribution in [2.75, 3.05) is 0 Å². The first-order valence-electron chi connectivity index (χ1n) is 4.74. The Labute approximate surface area is 82.1 Å². The quantitative estimate of drug-likeness (QED) is 0.765. The molecule has 1 aliphatic rings. The van der Waals surface area contributed by atoms with Crippen LogP contribution in [0.25, 0.3) is 0 Å². The molecule has 3 heteroatoms. The van der Waals surface area contributed by atoms with Gasteiger partial charge in [-0.1, -0.05) is 6.07 Å². The molecular formula is C11H12FNO. The zero-order valence-electron chi connectivity index (χ0n) is 8.01. The van der Waals surface area contributed by atoms with Crippen LogP contribution in [0, 0.1) is 12.7 Å². The van der Waals surface area contributed by atoms with Gasteiger partial charge in [0, 0.05) is 11.6 Å². The minimum atomic E-state index is -0.326. The molecule has 2 rings (SSSR count). The van der Waals surface area contributed by atoms with Gasteiger partial charge in [-0.2, -0.15) is 0 Å². The Morgan fingerprint density at radius 3 is 2.86 bits per heavy atom. The highest BCUT2D eigenvalue weighted by molar-refractivity contribution is 5.95. The van der Waals surface area contributed by atoms with E-state index in [1.54, 1.807) is 19.1 Å². The minimum absolute atomic E-state index is 0.162. The molecule has 2 nitrogen and oxygen atoms in total. The van der Waals surface area contributed by atoms with E-state index in [1.807, 2.05) is 0 Å². The van der Waals surface area contributed by atoms with Crippen molar-refractivity contribution >= 4 is 5.91 Å².